The van der Waals surface area contributed by atoms with Crippen molar-refractivity contribution in [1.29, 1.82) is 0 Å². The summed E-state index contributed by atoms with van der Waals surface area (Å²) in [6.07, 6.45) is 0.779. The number of ether oxygens (including phenoxy) is 1. The molecule has 106 valence electrons. The minimum atomic E-state index is -1.33. The molecule has 1 aromatic rings. The maximum atomic E-state index is 13.7. The second-order valence-corrected chi connectivity index (χ2v) is 4.73. The van der Waals surface area contributed by atoms with Crippen molar-refractivity contribution in [3.63, 3.8) is 0 Å². The Hall–Kier alpha value is -1.62. The summed E-state index contributed by atoms with van der Waals surface area (Å²) < 4.78 is 18.6. The highest BCUT2D eigenvalue weighted by atomic mass is 19.1. The number of hydrogen-bond donors (Lipinski definition) is 2. The molecule has 0 aliphatic rings. The predicted molar refractivity (Wildman–Crippen MR) is 70.8 cm³/mol. The van der Waals surface area contributed by atoms with E-state index in [9.17, 15) is 14.3 Å². The molecule has 0 aliphatic carbocycles. The molecule has 0 saturated heterocycles. The van der Waals surface area contributed by atoms with Gasteiger partial charge in [-0.2, -0.15) is 0 Å². The van der Waals surface area contributed by atoms with Crippen LogP contribution in [0.15, 0.2) is 18.2 Å². The first-order valence-electron chi connectivity index (χ1n) is 6.20. The van der Waals surface area contributed by atoms with Crippen molar-refractivity contribution in [3.8, 4) is 5.75 Å². The maximum Gasteiger partial charge on any atom is 0.328 e. The number of aliphatic carboxylic acids is 1. The van der Waals surface area contributed by atoms with Gasteiger partial charge in [0.2, 0.25) is 0 Å². The fourth-order valence-electron chi connectivity index (χ4n) is 1.84. The lowest BCUT2D eigenvalue weighted by Gasteiger charge is -2.30. The quantitative estimate of drug-likeness (QED) is 0.833. The van der Waals surface area contributed by atoms with Crippen LogP contribution in [0, 0.1) is 5.82 Å². The fourth-order valence-corrected chi connectivity index (χ4v) is 1.84. The average Bonchev–Trinajstić information content (AvgIpc) is 2.37. The Kier molecular flexibility index (Phi) is 4.89. The van der Waals surface area contributed by atoms with Crippen molar-refractivity contribution in [2.45, 2.75) is 38.8 Å². The molecule has 0 radical (unpaired) electrons. The maximum absolute atomic E-state index is 13.7. The van der Waals surface area contributed by atoms with E-state index in [4.69, 9.17) is 4.74 Å². The number of nitrogens with one attached hydrogen (secondary N) is 1. The van der Waals surface area contributed by atoms with Crippen LogP contribution in [0.4, 0.5) is 4.39 Å². The molecule has 0 heterocycles. The highest BCUT2D eigenvalue weighted by Crippen LogP contribution is 2.27. The molecule has 0 bridgehead atoms. The molecule has 4 nitrogen and oxygen atoms in total. The zero-order valence-electron chi connectivity index (χ0n) is 11.7. The van der Waals surface area contributed by atoms with Gasteiger partial charge in [0.1, 0.15) is 5.54 Å². The van der Waals surface area contributed by atoms with Crippen LogP contribution in [-0.2, 0) is 10.3 Å². The fraction of sp³-hybridized carbons (Fsp3) is 0.500. The van der Waals surface area contributed by atoms with Crippen molar-refractivity contribution >= 4 is 5.97 Å². The number of benzene rings is 1. The van der Waals surface area contributed by atoms with Crippen LogP contribution < -0.4 is 10.1 Å². The molecule has 2 atom stereocenters. The van der Waals surface area contributed by atoms with Gasteiger partial charge in [-0.05, 0) is 38.0 Å². The van der Waals surface area contributed by atoms with Crippen LogP contribution in [0.1, 0.15) is 32.8 Å². The molecule has 0 saturated carbocycles. The van der Waals surface area contributed by atoms with E-state index >= 15 is 0 Å². The standard InChI is InChI=1S/C14H20FNO3/c1-5-9(2)16-14(3,13(17)18)10-6-7-12(19-4)11(15)8-10/h6-9,16H,5H2,1-4H3,(H,17,18). The zero-order chi connectivity index (χ0) is 14.6. The monoisotopic (exact) mass is 269 g/mol. The van der Waals surface area contributed by atoms with Gasteiger partial charge in [0.15, 0.2) is 11.6 Å². The third kappa shape index (κ3) is 3.23. The smallest absolute Gasteiger partial charge is 0.328 e. The van der Waals surface area contributed by atoms with Crippen LogP contribution in [0.3, 0.4) is 0 Å². The Morgan fingerprint density at radius 1 is 1.58 bits per heavy atom. The number of carboxylic acid groups (broad SMARTS) is 1. The summed E-state index contributed by atoms with van der Waals surface area (Å²) in [6.45, 7) is 5.37. The number of carbonyl (C=O) groups is 1. The van der Waals surface area contributed by atoms with Crippen molar-refractivity contribution in [2.75, 3.05) is 7.11 Å². The van der Waals surface area contributed by atoms with Crippen LogP contribution in [0.5, 0.6) is 5.75 Å². The van der Waals surface area contributed by atoms with Crippen molar-refractivity contribution in [1.82, 2.24) is 5.32 Å². The van der Waals surface area contributed by atoms with E-state index in [1.807, 2.05) is 13.8 Å². The lowest BCUT2D eigenvalue weighted by Crippen LogP contribution is -2.50. The van der Waals surface area contributed by atoms with Gasteiger partial charge in [-0.3, -0.25) is 5.32 Å². The number of methoxy groups -OCH3 is 1. The molecule has 5 heteroatoms. The molecule has 2 unspecified atom stereocenters. The van der Waals surface area contributed by atoms with Gasteiger partial charge >= 0.3 is 5.97 Å². The van der Waals surface area contributed by atoms with E-state index in [2.05, 4.69) is 5.32 Å². The minimum Gasteiger partial charge on any atom is -0.494 e. The van der Waals surface area contributed by atoms with E-state index in [1.54, 1.807) is 6.07 Å². The highest BCUT2D eigenvalue weighted by molar-refractivity contribution is 5.80. The first kappa shape index (κ1) is 15.4. The summed E-state index contributed by atoms with van der Waals surface area (Å²) in [4.78, 5) is 11.5. The minimum absolute atomic E-state index is 0.00580. The second-order valence-electron chi connectivity index (χ2n) is 4.73. The first-order valence-corrected chi connectivity index (χ1v) is 6.20. The highest BCUT2D eigenvalue weighted by Gasteiger charge is 2.36. The molecule has 0 fully saturated rings. The van der Waals surface area contributed by atoms with Crippen LogP contribution >= 0.6 is 0 Å². The third-order valence-corrected chi connectivity index (χ3v) is 3.30. The van der Waals surface area contributed by atoms with Gasteiger partial charge in [-0.1, -0.05) is 13.0 Å². The van der Waals surface area contributed by atoms with Gasteiger partial charge in [0, 0.05) is 6.04 Å². The molecular weight excluding hydrogens is 249 g/mol. The summed E-state index contributed by atoms with van der Waals surface area (Å²) in [6, 6.07) is 4.20. The summed E-state index contributed by atoms with van der Waals surface area (Å²) in [7, 11) is 1.37. The summed E-state index contributed by atoms with van der Waals surface area (Å²) in [5, 5.41) is 12.4. The Bertz CT molecular complexity index is 464. The Morgan fingerprint density at radius 3 is 2.63 bits per heavy atom. The largest absolute Gasteiger partial charge is 0.494 e. The number of hydrogen-bond acceptors (Lipinski definition) is 3. The SMILES string of the molecule is CCC(C)NC(C)(C(=O)O)c1ccc(OC)c(F)c1. The van der Waals surface area contributed by atoms with Crippen LogP contribution in [-0.4, -0.2) is 24.2 Å². The zero-order valence-corrected chi connectivity index (χ0v) is 11.7. The third-order valence-electron chi connectivity index (χ3n) is 3.30. The van der Waals surface area contributed by atoms with Crippen LogP contribution in [0.2, 0.25) is 0 Å². The average molecular weight is 269 g/mol. The first-order chi connectivity index (χ1) is 8.85. The summed E-state index contributed by atoms with van der Waals surface area (Å²) in [5.41, 5.74) is -0.971. The van der Waals surface area contributed by atoms with Crippen LogP contribution in [0.25, 0.3) is 0 Å². The normalized spacial score (nSPS) is 15.6. The van der Waals surface area contributed by atoms with E-state index < -0.39 is 17.3 Å². The lowest BCUT2D eigenvalue weighted by molar-refractivity contribution is -0.145. The van der Waals surface area contributed by atoms with Gasteiger partial charge in [-0.15, -0.1) is 0 Å². The Morgan fingerprint density at radius 2 is 2.21 bits per heavy atom. The van der Waals surface area contributed by atoms with Crippen molar-refractivity contribution in [3.05, 3.63) is 29.6 Å². The summed E-state index contributed by atoms with van der Waals surface area (Å²) in [5.74, 6) is -1.52. The Labute approximate surface area is 112 Å². The Balaban J connectivity index is 3.19. The molecule has 2 N–H and O–H groups in total. The molecular formula is C14H20FNO3. The van der Waals surface area contributed by atoms with Gasteiger partial charge in [0.05, 0.1) is 7.11 Å². The molecule has 0 aliphatic heterocycles. The van der Waals surface area contributed by atoms with Gasteiger partial charge in [0.25, 0.3) is 0 Å². The molecule has 0 aromatic heterocycles. The number of halogens is 1. The molecule has 1 rings (SSSR count). The van der Waals surface area contributed by atoms with E-state index in [0.29, 0.717) is 5.56 Å². The van der Waals surface area contributed by atoms with E-state index in [-0.39, 0.29) is 11.8 Å². The van der Waals surface area contributed by atoms with Gasteiger partial charge < -0.3 is 9.84 Å². The predicted octanol–water partition coefficient (Wildman–Crippen LogP) is 2.52. The second kappa shape index (κ2) is 6.02. The van der Waals surface area contributed by atoms with E-state index in [0.717, 1.165) is 6.42 Å². The molecule has 1 aromatic carbocycles. The van der Waals surface area contributed by atoms with E-state index in [1.165, 1.54) is 26.2 Å². The lowest BCUT2D eigenvalue weighted by atomic mass is 9.90. The topological polar surface area (TPSA) is 58.6 Å². The number of rotatable bonds is 6. The van der Waals surface area contributed by atoms with Gasteiger partial charge in [-0.25, -0.2) is 9.18 Å². The molecule has 0 spiro atoms. The molecule has 19 heavy (non-hydrogen) atoms. The van der Waals surface area contributed by atoms with Crippen molar-refractivity contribution < 1.29 is 19.0 Å². The molecule has 0 amide bonds. The van der Waals surface area contributed by atoms with Crippen molar-refractivity contribution in [2.24, 2.45) is 0 Å². The summed E-state index contributed by atoms with van der Waals surface area (Å²) >= 11 is 0. The number of carboxylic acids is 1.